The third kappa shape index (κ3) is 44.5. The Kier molecular flexibility index (Phi) is 41.6. The van der Waals surface area contributed by atoms with E-state index in [0.717, 1.165) is 57.8 Å². The molecule has 0 aliphatic rings. The summed E-state index contributed by atoms with van der Waals surface area (Å²) in [5.41, 5.74) is 0. The predicted octanol–water partition coefficient (Wildman–Crippen LogP) is 14.4. The molecule has 352 valence electrons. The molecular formula is C51H98N2O6P+. The summed E-state index contributed by atoms with van der Waals surface area (Å²) in [5.74, 6) is -0.202. The molecule has 0 aromatic heterocycles. The third-order valence-corrected chi connectivity index (χ3v) is 12.0. The standard InChI is InChI=1S/C51H97N2O6P/c1-6-8-10-12-14-16-18-20-21-22-23-24-25-26-27-28-29-30-31-32-33-34-36-38-40-42-44-50(54)49(48-59-60(56,57)58-47-46-53(3,4)5)52-51(55)45-43-41-39-37-35-19-17-15-13-11-9-7-2/h15,17,30-31,34,36,42,44,49-50,54H,6-14,16,18-29,32-33,35,37-41,43,45-48H2,1-5H3,(H-,52,55,56,57)/p+1/b17-15-,31-30+,36-34+,44-42+. The first-order chi connectivity index (χ1) is 29.0. The quantitative estimate of drug-likeness (QED) is 0.0244. The Morgan fingerprint density at radius 2 is 0.917 bits per heavy atom. The summed E-state index contributed by atoms with van der Waals surface area (Å²) >= 11 is 0. The minimum atomic E-state index is -4.35. The number of carbonyl (C=O) groups excluding carboxylic acids is 1. The fraction of sp³-hybridized carbons (Fsp3) is 0.824. The van der Waals surface area contributed by atoms with Gasteiger partial charge in [-0.25, -0.2) is 4.57 Å². The number of nitrogens with one attached hydrogen (secondary N) is 1. The van der Waals surface area contributed by atoms with Gasteiger partial charge in [-0.1, -0.05) is 191 Å². The first-order valence-corrected chi connectivity index (χ1v) is 26.5. The number of hydrogen-bond donors (Lipinski definition) is 3. The van der Waals surface area contributed by atoms with Crippen LogP contribution in [0.1, 0.15) is 219 Å². The van der Waals surface area contributed by atoms with Crippen molar-refractivity contribution in [1.82, 2.24) is 5.32 Å². The highest BCUT2D eigenvalue weighted by atomic mass is 31.2. The Labute approximate surface area is 371 Å². The van der Waals surface area contributed by atoms with E-state index < -0.39 is 20.0 Å². The largest absolute Gasteiger partial charge is 0.472 e. The van der Waals surface area contributed by atoms with Crippen LogP contribution in [0, 0.1) is 0 Å². The number of nitrogens with zero attached hydrogens (tertiary/aromatic N) is 1. The highest BCUT2D eigenvalue weighted by molar-refractivity contribution is 7.47. The van der Waals surface area contributed by atoms with Gasteiger partial charge in [0.05, 0.1) is 39.9 Å². The number of phosphoric acid groups is 1. The summed E-state index contributed by atoms with van der Waals surface area (Å²) in [7, 11) is 1.54. The average Bonchev–Trinajstić information content (AvgIpc) is 3.20. The summed E-state index contributed by atoms with van der Waals surface area (Å²) in [4.78, 5) is 23.1. The molecule has 0 heterocycles. The molecule has 0 saturated carbocycles. The lowest BCUT2D eigenvalue weighted by Crippen LogP contribution is -2.45. The Hall–Kier alpha value is -1.54. The number of rotatable bonds is 45. The maximum atomic E-state index is 12.9. The Balaban J connectivity index is 4.32. The second kappa shape index (κ2) is 42.7. The highest BCUT2D eigenvalue weighted by Crippen LogP contribution is 2.43. The fourth-order valence-corrected chi connectivity index (χ4v) is 7.74. The molecule has 0 radical (unpaired) electrons. The minimum absolute atomic E-state index is 0.0510. The van der Waals surface area contributed by atoms with Gasteiger partial charge in [-0.05, 0) is 70.6 Å². The van der Waals surface area contributed by atoms with Crippen molar-refractivity contribution in [3.8, 4) is 0 Å². The van der Waals surface area contributed by atoms with Gasteiger partial charge < -0.3 is 19.8 Å². The molecule has 9 heteroatoms. The molecule has 0 rings (SSSR count). The van der Waals surface area contributed by atoms with Crippen molar-refractivity contribution in [1.29, 1.82) is 0 Å². The lowest BCUT2D eigenvalue weighted by atomic mass is 10.0. The number of unbranched alkanes of at least 4 members (excludes halogenated alkanes) is 26. The van der Waals surface area contributed by atoms with Crippen molar-refractivity contribution >= 4 is 13.7 Å². The molecule has 0 aromatic carbocycles. The van der Waals surface area contributed by atoms with Crippen LogP contribution in [0.3, 0.4) is 0 Å². The van der Waals surface area contributed by atoms with Gasteiger partial charge in [-0.2, -0.15) is 0 Å². The van der Waals surface area contributed by atoms with E-state index in [1.807, 2.05) is 27.2 Å². The molecule has 3 unspecified atom stereocenters. The molecule has 0 bridgehead atoms. The van der Waals surface area contributed by atoms with E-state index in [1.165, 1.54) is 141 Å². The van der Waals surface area contributed by atoms with Crippen molar-refractivity contribution < 1.29 is 32.9 Å². The van der Waals surface area contributed by atoms with Gasteiger partial charge >= 0.3 is 7.82 Å². The van der Waals surface area contributed by atoms with Crippen molar-refractivity contribution in [2.45, 2.75) is 231 Å². The second-order valence-corrected chi connectivity index (χ2v) is 19.6. The Bertz CT molecular complexity index is 1120. The SMILES string of the molecule is CCCCC/C=C\CCCCCCCC(=O)NC(COP(=O)(O)OCC[N+](C)(C)C)C(O)/C=C/CC/C=C/CC/C=C/CCCCCCCCCCCCCCCCCC. The molecule has 3 N–H and O–H groups in total. The van der Waals surface area contributed by atoms with Crippen LogP contribution in [0.4, 0.5) is 0 Å². The van der Waals surface area contributed by atoms with Crippen LogP contribution in [0.25, 0.3) is 0 Å². The molecule has 0 aliphatic carbocycles. The number of likely N-dealkylation sites (N-methyl/N-ethyl adjacent to an activating group) is 1. The summed E-state index contributed by atoms with van der Waals surface area (Å²) in [6.45, 7) is 4.75. The lowest BCUT2D eigenvalue weighted by Gasteiger charge is -2.25. The zero-order valence-electron chi connectivity index (χ0n) is 39.9. The summed E-state index contributed by atoms with van der Waals surface area (Å²) in [6, 6.07) is -0.873. The molecule has 0 spiro atoms. The first-order valence-electron chi connectivity index (χ1n) is 25.0. The number of quaternary nitrogens is 1. The van der Waals surface area contributed by atoms with Crippen LogP contribution in [0.15, 0.2) is 48.6 Å². The van der Waals surface area contributed by atoms with Gasteiger partial charge in [-0.15, -0.1) is 0 Å². The van der Waals surface area contributed by atoms with Crippen molar-refractivity contribution in [3.05, 3.63) is 48.6 Å². The topological polar surface area (TPSA) is 105 Å². The van der Waals surface area contributed by atoms with Gasteiger partial charge in [0.2, 0.25) is 5.91 Å². The zero-order chi connectivity index (χ0) is 44.3. The van der Waals surface area contributed by atoms with E-state index in [0.29, 0.717) is 17.4 Å². The van der Waals surface area contributed by atoms with Crippen LogP contribution >= 0.6 is 7.82 Å². The van der Waals surface area contributed by atoms with Gasteiger partial charge in [-0.3, -0.25) is 13.8 Å². The molecular weight excluding hydrogens is 768 g/mol. The van der Waals surface area contributed by atoms with Crippen molar-refractivity contribution in [2.24, 2.45) is 0 Å². The summed E-state index contributed by atoms with van der Waals surface area (Å²) in [6.07, 6.45) is 54.9. The summed E-state index contributed by atoms with van der Waals surface area (Å²) in [5, 5.41) is 13.8. The number of phosphoric ester groups is 1. The fourth-order valence-electron chi connectivity index (χ4n) is 7.01. The van der Waals surface area contributed by atoms with Crippen LogP contribution in [0.5, 0.6) is 0 Å². The monoisotopic (exact) mass is 866 g/mol. The number of aliphatic hydroxyl groups is 1. The first kappa shape index (κ1) is 58.5. The van der Waals surface area contributed by atoms with Gasteiger partial charge in [0.1, 0.15) is 13.2 Å². The zero-order valence-corrected chi connectivity index (χ0v) is 40.8. The van der Waals surface area contributed by atoms with Crippen LogP contribution < -0.4 is 5.32 Å². The van der Waals surface area contributed by atoms with Gasteiger partial charge in [0.25, 0.3) is 0 Å². The van der Waals surface area contributed by atoms with Crippen molar-refractivity contribution in [3.63, 3.8) is 0 Å². The normalized spacial score (nSPS) is 14.6. The minimum Gasteiger partial charge on any atom is -0.387 e. The van der Waals surface area contributed by atoms with Gasteiger partial charge in [0, 0.05) is 6.42 Å². The van der Waals surface area contributed by atoms with E-state index in [4.69, 9.17) is 9.05 Å². The molecule has 1 amide bonds. The van der Waals surface area contributed by atoms with E-state index in [1.54, 1.807) is 6.08 Å². The maximum absolute atomic E-state index is 12.9. The lowest BCUT2D eigenvalue weighted by molar-refractivity contribution is -0.870. The van der Waals surface area contributed by atoms with Crippen LogP contribution in [0.2, 0.25) is 0 Å². The number of amides is 1. The van der Waals surface area contributed by atoms with E-state index in [9.17, 15) is 19.4 Å². The predicted molar refractivity (Wildman–Crippen MR) is 258 cm³/mol. The summed E-state index contributed by atoms with van der Waals surface area (Å²) < 4.78 is 23.6. The average molecular weight is 866 g/mol. The number of hydrogen-bond acceptors (Lipinski definition) is 5. The molecule has 3 atom stereocenters. The molecule has 0 fully saturated rings. The third-order valence-electron chi connectivity index (χ3n) is 11.0. The number of carbonyl (C=O) groups is 1. The number of aliphatic hydroxyl groups excluding tert-OH is 1. The highest BCUT2D eigenvalue weighted by Gasteiger charge is 2.27. The van der Waals surface area contributed by atoms with E-state index >= 15 is 0 Å². The van der Waals surface area contributed by atoms with E-state index in [2.05, 4.69) is 55.6 Å². The molecule has 8 nitrogen and oxygen atoms in total. The van der Waals surface area contributed by atoms with E-state index in [-0.39, 0.29) is 19.1 Å². The molecule has 0 aromatic rings. The second-order valence-electron chi connectivity index (χ2n) is 18.2. The van der Waals surface area contributed by atoms with Crippen molar-refractivity contribution in [2.75, 3.05) is 40.9 Å². The Morgan fingerprint density at radius 1 is 0.550 bits per heavy atom. The molecule has 0 saturated heterocycles. The maximum Gasteiger partial charge on any atom is 0.472 e. The van der Waals surface area contributed by atoms with Crippen LogP contribution in [-0.4, -0.2) is 73.4 Å². The van der Waals surface area contributed by atoms with Gasteiger partial charge in [0.15, 0.2) is 0 Å². The smallest absolute Gasteiger partial charge is 0.387 e. The number of allylic oxidation sites excluding steroid dienone is 7. The van der Waals surface area contributed by atoms with Crippen LogP contribution in [-0.2, 0) is 18.4 Å². The molecule has 60 heavy (non-hydrogen) atoms. The molecule has 0 aliphatic heterocycles. The Morgan fingerprint density at radius 3 is 1.37 bits per heavy atom.